The Morgan fingerprint density at radius 2 is 0.644 bits per heavy atom. The number of nitrogens with zero attached hydrogens (tertiary/aromatic N) is 1. The summed E-state index contributed by atoms with van der Waals surface area (Å²) in [6, 6.07) is -0.874. The summed E-state index contributed by atoms with van der Waals surface area (Å²) in [6.45, 7) is 4.83. The van der Waals surface area contributed by atoms with Crippen LogP contribution in [0.1, 0.15) is 386 Å². The molecule has 90 heavy (non-hydrogen) atoms. The van der Waals surface area contributed by atoms with Gasteiger partial charge in [0.2, 0.25) is 5.91 Å². The molecule has 8 nitrogen and oxygen atoms in total. The van der Waals surface area contributed by atoms with Gasteiger partial charge in [0, 0.05) is 6.42 Å². The van der Waals surface area contributed by atoms with Gasteiger partial charge < -0.3 is 19.8 Å². The number of carbonyl (C=O) groups is 1. The lowest BCUT2D eigenvalue weighted by Gasteiger charge is -2.25. The van der Waals surface area contributed by atoms with Gasteiger partial charge in [-0.15, -0.1) is 0 Å². The Morgan fingerprint density at radius 3 is 0.967 bits per heavy atom. The quantitative estimate of drug-likeness (QED) is 0.0243. The first kappa shape index (κ1) is 87.9. The van der Waals surface area contributed by atoms with Gasteiger partial charge in [0.1, 0.15) is 13.2 Å². The number of phosphoric acid groups is 1. The van der Waals surface area contributed by atoms with Crippen LogP contribution >= 0.6 is 7.82 Å². The molecule has 528 valence electrons. The molecule has 3 N–H and O–H groups in total. The van der Waals surface area contributed by atoms with Crippen LogP contribution in [0.25, 0.3) is 0 Å². The van der Waals surface area contributed by atoms with Crippen molar-refractivity contribution in [3.05, 3.63) is 72.9 Å². The largest absolute Gasteiger partial charge is 0.472 e. The maximum Gasteiger partial charge on any atom is 0.472 e. The molecule has 0 heterocycles. The van der Waals surface area contributed by atoms with Crippen LogP contribution in [0.2, 0.25) is 0 Å². The van der Waals surface area contributed by atoms with Crippen molar-refractivity contribution < 1.29 is 32.9 Å². The summed E-state index contributed by atoms with van der Waals surface area (Å²) in [6.07, 6.45) is 101. The molecule has 3 unspecified atom stereocenters. The molecule has 0 radical (unpaired) electrons. The second-order valence-corrected chi connectivity index (χ2v) is 29.5. The van der Waals surface area contributed by atoms with Crippen LogP contribution in [0.5, 0.6) is 0 Å². The van der Waals surface area contributed by atoms with E-state index in [0.29, 0.717) is 17.4 Å². The van der Waals surface area contributed by atoms with Crippen molar-refractivity contribution in [2.24, 2.45) is 0 Å². The number of amides is 1. The van der Waals surface area contributed by atoms with Gasteiger partial charge in [0.15, 0.2) is 0 Å². The highest BCUT2D eigenvalue weighted by Gasteiger charge is 2.28. The van der Waals surface area contributed by atoms with E-state index in [2.05, 4.69) is 79.9 Å². The number of aliphatic hydroxyl groups is 1. The van der Waals surface area contributed by atoms with Crippen LogP contribution in [0, 0.1) is 0 Å². The highest BCUT2D eigenvalue weighted by Crippen LogP contribution is 2.43. The van der Waals surface area contributed by atoms with Gasteiger partial charge in [-0.25, -0.2) is 4.57 Å². The molecule has 0 bridgehead atoms. The molecule has 9 heteroatoms. The molecule has 0 aromatic carbocycles. The van der Waals surface area contributed by atoms with Crippen LogP contribution in [-0.2, 0) is 18.4 Å². The Morgan fingerprint density at radius 1 is 0.378 bits per heavy atom. The number of hydrogen-bond acceptors (Lipinski definition) is 5. The smallest absolute Gasteiger partial charge is 0.387 e. The Bertz CT molecular complexity index is 1700. The van der Waals surface area contributed by atoms with Crippen LogP contribution in [-0.4, -0.2) is 73.4 Å². The van der Waals surface area contributed by atoms with Crippen molar-refractivity contribution in [1.82, 2.24) is 5.32 Å². The molecule has 0 spiro atoms. The van der Waals surface area contributed by atoms with Crippen molar-refractivity contribution in [3.63, 3.8) is 0 Å². The van der Waals surface area contributed by atoms with E-state index in [4.69, 9.17) is 9.05 Å². The summed E-state index contributed by atoms with van der Waals surface area (Å²) in [5.41, 5.74) is 0. The van der Waals surface area contributed by atoms with Gasteiger partial charge in [-0.2, -0.15) is 0 Å². The fourth-order valence-electron chi connectivity index (χ4n) is 11.8. The SMILES string of the molecule is CCCCCCC/C=C\C/C=C\C/C=C\CCCCCCCCCCCCCCCCCCCCCCCCC(=O)NC(COP(=O)(O)OCC[N+](C)(C)C)C(O)/C=C/CC/C=C/CC/C=C/CCCCCCCCCCCCCCCCCCCCCCC. The summed E-state index contributed by atoms with van der Waals surface area (Å²) in [4.78, 5) is 23.5. The van der Waals surface area contributed by atoms with Gasteiger partial charge >= 0.3 is 7.82 Å². The van der Waals surface area contributed by atoms with Crippen molar-refractivity contribution in [3.8, 4) is 0 Å². The maximum atomic E-state index is 13.1. The van der Waals surface area contributed by atoms with Gasteiger partial charge in [-0.1, -0.05) is 369 Å². The summed E-state index contributed by atoms with van der Waals surface area (Å²) < 4.78 is 23.8. The van der Waals surface area contributed by atoms with E-state index in [-0.39, 0.29) is 19.1 Å². The first-order valence-corrected chi connectivity index (χ1v) is 40.8. The van der Waals surface area contributed by atoms with E-state index >= 15 is 0 Å². The number of allylic oxidation sites excluding steroid dienone is 11. The monoisotopic (exact) mass is 1280 g/mol. The molecule has 0 saturated carbocycles. The number of hydrogen-bond donors (Lipinski definition) is 3. The number of aliphatic hydroxyl groups excluding tert-OH is 1. The Kier molecular flexibility index (Phi) is 69.6. The molecular formula is C81H154N2O6P+. The third-order valence-corrected chi connectivity index (χ3v) is 18.9. The summed E-state index contributed by atoms with van der Waals surface area (Å²) in [5, 5.41) is 14.0. The minimum atomic E-state index is -4.37. The third kappa shape index (κ3) is 73.4. The lowest BCUT2D eigenvalue weighted by molar-refractivity contribution is -0.870. The zero-order chi connectivity index (χ0) is 65.5. The fraction of sp³-hybridized carbons (Fsp3) is 0.840. The lowest BCUT2D eigenvalue weighted by atomic mass is 10.0. The Hall–Kier alpha value is -2.06. The molecular weight excluding hydrogens is 1130 g/mol. The number of quaternary nitrogens is 1. The molecule has 0 aromatic rings. The molecule has 1 amide bonds. The first-order chi connectivity index (χ1) is 44.0. The molecule has 0 aliphatic heterocycles. The number of phosphoric ester groups is 1. The second kappa shape index (κ2) is 71.2. The zero-order valence-electron chi connectivity index (χ0n) is 60.6. The number of nitrogens with one attached hydrogen (secondary N) is 1. The molecule has 0 aromatic heterocycles. The zero-order valence-corrected chi connectivity index (χ0v) is 61.5. The van der Waals surface area contributed by atoms with Crippen molar-refractivity contribution in [2.45, 2.75) is 398 Å². The summed E-state index contributed by atoms with van der Waals surface area (Å²) in [5.74, 6) is -0.185. The first-order valence-electron chi connectivity index (χ1n) is 39.3. The van der Waals surface area contributed by atoms with Gasteiger partial charge in [0.05, 0.1) is 39.9 Å². The second-order valence-electron chi connectivity index (χ2n) is 28.1. The normalized spacial score (nSPS) is 13.9. The van der Waals surface area contributed by atoms with Gasteiger partial charge in [-0.05, 0) is 83.5 Å². The number of unbranched alkanes of at least 4 members (excludes halogenated alkanes) is 50. The predicted molar refractivity (Wildman–Crippen MR) is 397 cm³/mol. The number of carbonyl (C=O) groups excluding carboxylic acids is 1. The number of likely N-dealkylation sites (N-methyl/N-ethyl adjacent to an activating group) is 1. The van der Waals surface area contributed by atoms with E-state index in [1.807, 2.05) is 27.2 Å². The predicted octanol–water partition coefficient (Wildman–Crippen LogP) is 25.7. The standard InChI is InChI=1S/C81H153N2O6P/c1-6-8-10-12-14-16-18-20-22-24-26-28-30-32-34-36-38-39-40-41-42-43-45-47-49-51-53-55-57-59-61-63-65-67-69-71-73-75-81(85)82-79(78-89-90(86,87)88-77-76-83(3,4)5)80(84)74-72-70-68-66-64-62-60-58-56-54-52-50-48-46-44-37-35-33-31-29-27-25-23-21-19-17-15-13-11-9-7-2/h18,20,24,26,30,32,56,58,64,66,72,74,79-80,84H,6-17,19,21-23,25,27-29,31,33-55,57,59-63,65,67-71,73,75-78H2,1-5H3,(H-,82,85,86,87)/p+1/b20-18-,26-24-,32-30-,58-56+,66-64+,74-72+. The molecule has 0 fully saturated rings. The van der Waals surface area contributed by atoms with Crippen LogP contribution in [0.3, 0.4) is 0 Å². The average Bonchev–Trinajstić information content (AvgIpc) is 3.18. The van der Waals surface area contributed by atoms with Crippen LogP contribution < -0.4 is 5.32 Å². The van der Waals surface area contributed by atoms with E-state index in [9.17, 15) is 19.4 Å². The highest BCUT2D eigenvalue weighted by molar-refractivity contribution is 7.47. The van der Waals surface area contributed by atoms with E-state index < -0.39 is 20.0 Å². The minimum Gasteiger partial charge on any atom is -0.387 e. The molecule has 3 atom stereocenters. The van der Waals surface area contributed by atoms with Gasteiger partial charge in [0.25, 0.3) is 0 Å². The average molecular weight is 1280 g/mol. The summed E-state index contributed by atoms with van der Waals surface area (Å²) in [7, 11) is 1.56. The van der Waals surface area contributed by atoms with E-state index in [0.717, 1.165) is 57.8 Å². The van der Waals surface area contributed by atoms with E-state index in [1.165, 1.54) is 308 Å². The van der Waals surface area contributed by atoms with Gasteiger partial charge in [-0.3, -0.25) is 13.8 Å². The topological polar surface area (TPSA) is 105 Å². The van der Waals surface area contributed by atoms with Crippen molar-refractivity contribution >= 4 is 13.7 Å². The number of rotatable bonds is 73. The molecule has 0 aliphatic carbocycles. The van der Waals surface area contributed by atoms with Crippen molar-refractivity contribution in [2.75, 3.05) is 40.9 Å². The Labute approximate surface area is 561 Å². The minimum absolute atomic E-state index is 0.0533. The molecule has 0 aliphatic rings. The molecule has 0 rings (SSSR count). The molecule has 0 saturated heterocycles. The van der Waals surface area contributed by atoms with Crippen LogP contribution in [0.15, 0.2) is 72.9 Å². The third-order valence-electron chi connectivity index (χ3n) is 17.9. The van der Waals surface area contributed by atoms with Crippen LogP contribution in [0.4, 0.5) is 0 Å². The van der Waals surface area contributed by atoms with E-state index in [1.54, 1.807) is 6.08 Å². The summed E-state index contributed by atoms with van der Waals surface area (Å²) >= 11 is 0. The maximum absolute atomic E-state index is 13.1. The fourth-order valence-corrected chi connectivity index (χ4v) is 12.5. The Balaban J connectivity index is 4.02. The lowest BCUT2D eigenvalue weighted by Crippen LogP contribution is -2.45. The highest BCUT2D eigenvalue weighted by atomic mass is 31.2. The van der Waals surface area contributed by atoms with Crippen molar-refractivity contribution in [1.29, 1.82) is 0 Å².